The van der Waals surface area contributed by atoms with Crippen molar-refractivity contribution in [3.8, 4) is 22.4 Å². The molecule has 0 saturated heterocycles. The first-order valence-electron chi connectivity index (χ1n) is 14.8. The van der Waals surface area contributed by atoms with Crippen molar-refractivity contribution >= 4 is 23.3 Å². The normalized spacial score (nSPS) is 18.5. The Morgan fingerprint density at radius 1 is 0.721 bits per heavy atom. The van der Waals surface area contributed by atoms with Gasteiger partial charge in [-0.1, -0.05) is 19.9 Å². The van der Waals surface area contributed by atoms with Gasteiger partial charge in [-0.05, 0) is 103 Å². The van der Waals surface area contributed by atoms with Gasteiger partial charge in [0.05, 0.1) is 34.6 Å². The van der Waals surface area contributed by atoms with Crippen molar-refractivity contribution in [2.45, 2.75) is 50.9 Å². The summed E-state index contributed by atoms with van der Waals surface area (Å²) in [4.78, 5) is 25.6. The summed E-state index contributed by atoms with van der Waals surface area (Å²) < 4.78 is 0. The quantitative estimate of drug-likeness (QED) is 0.222. The second-order valence-electron chi connectivity index (χ2n) is 12.7. The summed E-state index contributed by atoms with van der Waals surface area (Å²) in [5.41, 5.74) is 13.1. The molecule has 0 aliphatic carbocycles. The molecule has 1 unspecified atom stereocenters. The molecular weight excluding hydrogens is 528 g/mol. The van der Waals surface area contributed by atoms with Crippen LogP contribution in [0.25, 0.3) is 22.4 Å². The van der Waals surface area contributed by atoms with Gasteiger partial charge in [-0.15, -0.1) is 0 Å². The summed E-state index contributed by atoms with van der Waals surface area (Å²) in [6.07, 6.45) is 16.3. The number of fused-ring (bicyclic) bond motifs is 4. The number of aliphatic imine (C=N–C) groups is 1. The molecule has 4 aromatic heterocycles. The van der Waals surface area contributed by atoms with Gasteiger partial charge >= 0.3 is 0 Å². The minimum absolute atomic E-state index is 0.218. The van der Waals surface area contributed by atoms with E-state index in [1.165, 1.54) is 27.9 Å². The molecule has 5 aromatic rings. The van der Waals surface area contributed by atoms with E-state index in [4.69, 9.17) is 9.97 Å². The standard InChI is InChI=1S/C37H32N6/c1-36(2)27-21-31(25-11-17-40-18-12-25)41-22-33(27)43-32-6-5-30(24-9-15-39-16-10-24)42-35(32)37(3,4)29-20-26(19-28(36)34(29)43)23-7-13-38-14-8-23/h5-9,11-22,24H,10H2,1-4H3. The summed E-state index contributed by atoms with van der Waals surface area (Å²) in [5.74, 6) is 0.218. The number of aromatic nitrogens is 4. The van der Waals surface area contributed by atoms with Crippen LogP contribution in [0, 0.1) is 0 Å². The van der Waals surface area contributed by atoms with Gasteiger partial charge in [0, 0.05) is 65.2 Å². The molecule has 1 atom stereocenters. The molecule has 7 heterocycles. The van der Waals surface area contributed by atoms with Crippen molar-refractivity contribution in [3.63, 3.8) is 0 Å². The number of pyridine rings is 4. The average molecular weight is 561 g/mol. The first-order valence-corrected chi connectivity index (χ1v) is 14.8. The Hall–Kier alpha value is -4.97. The van der Waals surface area contributed by atoms with Crippen LogP contribution in [0.15, 0.2) is 103 Å². The van der Waals surface area contributed by atoms with Gasteiger partial charge < -0.3 is 4.90 Å². The lowest BCUT2D eigenvalue weighted by Crippen LogP contribution is -2.39. The second-order valence-corrected chi connectivity index (χ2v) is 12.7. The number of nitrogens with zero attached hydrogens (tertiary/aromatic N) is 6. The fourth-order valence-corrected chi connectivity index (χ4v) is 6.99. The summed E-state index contributed by atoms with van der Waals surface area (Å²) in [6.45, 7) is 9.31. The molecule has 1 aromatic carbocycles. The Kier molecular flexibility index (Phi) is 5.54. The van der Waals surface area contributed by atoms with Crippen molar-refractivity contribution in [1.29, 1.82) is 0 Å². The van der Waals surface area contributed by atoms with Gasteiger partial charge in [0.15, 0.2) is 0 Å². The van der Waals surface area contributed by atoms with E-state index in [-0.39, 0.29) is 16.7 Å². The topological polar surface area (TPSA) is 67.2 Å². The fourth-order valence-electron chi connectivity index (χ4n) is 6.99. The third kappa shape index (κ3) is 3.82. The molecule has 3 aliphatic rings. The summed E-state index contributed by atoms with van der Waals surface area (Å²) >= 11 is 0. The van der Waals surface area contributed by atoms with Crippen LogP contribution in [0.3, 0.4) is 0 Å². The zero-order valence-corrected chi connectivity index (χ0v) is 24.8. The molecule has 3 aliphatic heterocycles. The summed E-state index contributed by atoms with van der Waals surface area (Å²) in [5, 5.41) is 0. The first-order chi connectivity index (χ1) is 20.8. The van der Waals surface area contributed by atoms with Crippen molar-refractivity contribution < 1.29 is 0 Å². The lowest BCUT2D eigenvalue weighted by molar-refractivity contribution is 0.580. The van der Waals surface area contributed by atoms with Crippen LogP contribution in [0.1, 0.15) is 68.1 Å². The molecule has 0 radical (unpaired) electrons. The van der Waals surface area contributed by atoms with Gasteiger partial charge in [0.25, 0.3) is 0 Å². The van der Waals surface area contributed by atoms with Crippen LogP contribution in [0.4, 0.5) is 17.1 Å². The highest BCUT2D eigenvalue weighted by Gasteiger charge is 2.47. The predicted octanol–water partition coefficient (Wildman–Crippen LogP) is 8.42. The number of hydrogen-bond donors (Lipinski definition) is 0. The average Bonchev–Trinajstić information content (AvgIpc) is 3.05. The van der Waals surface area contributed by atoms with E-state index in [9.17, 15) is 0 Å². The molecule has 0 spiro atoms. The summed E-state index contributed by atoms with van der Waals surface area (Å²) in [7, 11) is 0. The highest BCUT2D eigenvalue weighted by molar-refractivity contribution is 5.94. The molecule has 0 N–H and O–H groups in total. The van der Waals surface area contributed by atoms with Gasteiger partial charge in [0.1, 0.15) is 0 Å². The van der Waals surface area contributed by atoms with Crippen molar-refractivity contribution in [1.82, 2.24) is 19.9 Å². The van der Waals surface area contributed by atoms with E-state index in [1.807, 2.05) is 55.5 Å². The Balaban J connectivity index is 1.42. The van der Waals surface area contributed by atoms with E-state index < -0.39 is 0 Å². The number of anilines is 3. The van der Waals surface area contributed by atoms with Crippen LogP contribution in [0.2, 0.25) is 0 Å². The largest absolute Gasteiger partial charge is 0.306 e. The zero-order chi connectivity index (χ0) is 29.3. The monoisotopic (exact) mass is 560 g/mol. The van der Waals surface area contributed by atoms with Crippen molar-refractivity contribution in [2.24, 2.45) is 4.99 Å². The number of benzene rings is 1. The Labute approximate surface area is 252 Å². The molecule has 0 fully saturated rings. The van der Waals surface area contributed by atoms with Gasteiger partial charge in [-0.3, -0.25) is 24.9 Å². The van der Waals surface area contributed by atoms with Crippen molar-refractivity contribution in [3.05, 3.63) is 126 Å². The Bertz CT molecular complexity index is 1960. The van der Waals surface area contributed by atoms with E-state index in [2.05, 4.69) is 96.1 Å². The van der Waals surface area contributed by atoms with Gasteiger partial charge in [0.2, 0.25) is 0 Å². The van der Waals surface area contributed by atoms with E-state index in [1.54, 1.807) is 0 Å². The SMILES string of the molecule is CC1(C)c2cc(-c3ccncc3)ncc2N2c3ccc(C4C=CN=CC4)nc3C(C)(C)c3cc(-c4ccncc4)cc1c32. The van der Waals surface area contributed by atoms with Gasteiger partial charge in [-0.2, -0.15) is 0 Å². The minimum Gasteiger partial charge on any atom is -0.306 e. The lowest BCUT2D eigenvalue weighted by atomic mass is 9.66. The third-order valence-electron chi connectivity index (χ3n) is 9.44. The third-order valence-corrected chi connectivity index (χ3v) is 9.44. The van der Waals surface area contributed by atoms with Crippen LogP contribution in [-0.4, -0.2) is 26.2 Å². The van der Waals surface area contributed by atoms with Crippen LogP contribution >= 0.6 is 0 Å². The predicted molar refractivity (Wildman–Crippen MR) is 172 cm³/mol. The highest BCUT2D eigenvalue weighted by atomic mass is 15.2. The Morgan fingerprint density at radius 2 is 1.42 bits per heavy atom. The highest BCUT2D eigenvalue weighted by Crippen LogP contribution is 2.60. The lowest BCUT2D eigenvalue weighted by Gasteiger charge is -2.49. The number of hydrogen-bond acceptors (Lipinski definition) is 6. The second kappa shape index (κ2) is 9.27. The maximum Gasteiger partial charge on any atom is 0.0748 e. The van der Waals surface area contributed by atoms with Crippen molar-refractivity contribution in [2.75, 3.05) is 4.90 Å². The molecule has 0 bridgehead atoms. The maximum atomic E-state index is 5.43. The molecule has 6 heteroatoms. The van der Waals surface area contributed by atoms with Gasteiger partial charge in [-0.25, -0.2) is 0 Å². The van der Waals surface area contributed by atoms with E-state index in [0.717, 1.165) is 46.0 Å². The molecular formula is C37H32N6. The smallest absolute Gasteiger partial charge is 0.0748 e. The van der Waals surface area contributed by atoms with Crippen LogP contribution < -0.4 is 4.90 Å². The molecule has 6 nitrogen and oxygen atoms in total. The molecule has 43 heavy (non-hydrogen) atoms. The molecule has 8 rings (SSSR count). The number of rotatable bonds is 3. The fraction of sp³-hybridized carbons (Fsp3) is 0.216. The Morgan fingerprint density at radius 3 is 2.12 bits per heavy atom. The molecule has 0 amide bonds. The first kappa shape index (κ1) is 25.7. The minimum atomic E-state index is -0.334. The van der Waals surface area contributed by atoms with E-state index >= 15 is 0 Å². The van der Waals surface area contributed by atoms with E-state index in [0.29, 0.717) is 0 Å². The maximum absolute atomic E-state index is 5.43. The van der Waals surface area contributed by atoms with Crippen LogP contribution in [0.5, 0.6) is 0 Å². The van der Waals surface area contributed by atoms with Crippen LogP contribution in [-0.2, 0) is 10.8 Å². The molecule has 0 saturated carbocycles. The molecule has 210 valence electrons. The number of allylic oxidation sites excluding steroid dienone is 1. The zero-order valence-electron chi connectivity index (χ0n) is 24.8. The summed E-state index contributed by atoms with van der Waals surface area (Å²) in [6, 6.07) is 19.7.